The van der Waals surface area contributed by atoms with Crippen molar-refractivity contribution in [2.24, 2.45) is 0 Å². The molecule has 1 aromatic rings. The second-order valence-electron chi connectivity index (χ2n) is 3.10. The number of hydrogen-bond donors (Lipinski definition) is 1. The average molecular weight is 226 g/mol. The number of rotatable bonds is 5. The summed E-state index contributed by atoms with van der Waals surface area (Å²) in [7, 11) is 0. The number of hydrogen-bond acceptors (Lipinski definition) is 3. The number of alkyl halides is 1. The predicted molar refractivity (Wildman–Crippen MR) is 58.0 cm³/mol. The number of halogens is 1. The van der Waals surface area contributed by atoms with Gasteiger partial charge in [-0.1, -0.05) is 12.1 Å². The van der Waals surface area contributed by atoms with Crippen LogP contribution in [0.4, 0.5) is 0 Å². The van der Waals surface area contributed by atoms with Crippen LogP contribution in [0.1, 0.15) is 5.56 Å². The largest absolute Gasteiger partial charge is 0.491 e. The lowest BCUT2D eigenvalue weighted by atomic mass is 10.2. The Bertz CT molecular complexity index is 331. The Labute approximate surface area is 93.9 Å². The van der Waals surface area contributed by atoms with Crippen molar-refractivity contribution in [3.8, 4) is 11.8 Å². The quantitative estimate of drug-likeness (QED) is 0.777. The van der Waals surface area contributed by atoms with Gasteiger partial charge in [0.05, 0.1) is 18.4 Å². The summed E-state index contributed by atoms with van der Waals surface area (Å²) >= 11 is 5.42. The molecular weight excluding hydrogens is 214 g/mol. The second kappa shape index (κ2) is 6.28. The summed E-state index contributed by atoms with van der Waals surface area (Å²) in [5.41, 5.74) is 0.947. The van der Waals surface area contributed by atoms with E-state index in [0.29, 0.717) is 12.2 Å². The first-order chi connectivity index (χ1) is 7.26. The summed E-state index contributed by atoms with van der Waals surface area (Å²) < 4.78 is 5.27. The highest BCUT2D eigenvalue weighted by molar-refractivity contribution is 6.18. The van der Waals surface area contributed by atoms with Gasteiger partial charge in [0.1, 0.15) is 18.5 Å². The molecule has 0 amide bonds. The SMILES string of the molecule is N#CCc1ccc(OC[C@H](O)CCl)cc1. The molecule has 15 heavy (non-hydrogen) atoms. The first-order valence-corrected chi connectivity index (χ1v) is 5.12. The molecule has 0 heterocycles. The lowest BCUT2D eigenvalue weighted by Crippen LogP contribution is -2.18. The number of nitriles is 1. The molecule has 0 fully saturated rings. The Hall–Kier alpha value is -1.24. The van der Waals surface area contributed by atoms with Crippen LogP contribution in [0.15, 0.2) is 24.3 Å². The van der Waals surface area contributed by atoms with Gasteiger partial charge in [-0.05, 0) is 17.7 Å². The molecule has 0 radical (unpaired) electrons. The standard InChI is InChI=1S/C11H12ClNO2/c12-7-10(14)8-15-11-3-1-9(2-4-11)5-6-13/h1-4,10,14H,5,7-8H2/t10-/m1/s1. The van der Waals surface area contributed by atoms with Crippen LogP contribution in [0.5, 0.6) is 5.75 Å². The van der Waals surface area contributed by atoms with E-state index < -0.39 is 6.10 Å². The highest BCUT2D eigenvalue weighted by Crippen LogP contribution is 2.12. The lowest BCUT2D eigenvalue weighted by molar-refractivity contribution is 0.125. The molecule has 1 aromatic carbocycles. The summed E-state index contributed by atoms with van der Waals surface area (Å²) in [5.74, 6) is 0.827. The molecule has 4 heteroatoms. The number of nitrogens with zero attached hydrogens (tertiary/aromatic N) is 1. The third kappa shape index (κ3) is 4.20. The number of ether oxygens (including phenoxy) is 1. The molecule has 0 spiro atoms. The molecule has 0 aliphatic heterocycles. The fraction of sp³-hybridized carbons (Fsp3) is 0.364. The summed E-state index contributed by atoms with van der Waals surface area (Å²) in [4.78, 5) is 0. The van der Waals surface area contributed by atoms with Crippen molar-refractivity contribution in [2.75, 3.05) is 12.5 Å². The lowest BCUT2D eigenvalue weighted by Gasteiger charge is -2.09. The van der Waals surface area contributed by atoms with Gasteiger partial charge >= 0.3 is 0 Å². The van der Waals surface area contributed by atoms with Crippen LogP contribution in [-0.4, -0.2) is 23.7 Å². The van der Waals surface area contributed by atoms with Crippen LogP contribution in [0, 0.1) is 11.3 Å². The van der Waals surface area contributed by atoms with Gasteiger partial charge < -0.3 is 9.84 Å². The van der Waals surface area contributed by atoms with E-state index in [1.54, 1.807) is 12.1 Å². The van der Waals surface area contributed by atoms with Crippen LogP contribution >= 0.6 is 11.6 Å². The van der Waals surface area contributed by atoms with Gasteiger partial charge in [-0.25, -0.2) is 0 Å². The van der Waals surface area contributed by atoms with Crippen LogP contribution < -0.4 is 4.74 Å². The minimum Gasteiger partial charge on any atom is -0.491 e. The minimum absolute atomic E-state index is 0.159. The Morgan fingerprint density at radius 3 is 2.60 bits per heavy atom. The van der Waals surface area contributed by atoms with Crippen LogP contribution in [-0.2, 0) is 6.42 Å². The number of aliphatic hydroxyl groups excluding tert-OH is 1. The van der Waals surface area contributed by atoms with Crippen molar-refractivity contribution in [3.05, 3.63) is 29.8 Å². The van der Waals surface area contributed by atoms with Crippen molar-refractivity contribution in [1.82, 2.24) is 0 Å². The molecule has 0 saturated carbocycles. The maximum absolute atomic E-state index is 9.16. The smallest absolute Gasteiger partial charge is 0.119 e. The van der Waals surface area contributed by atoms with E-state index in [9.17, 15) is 0 Å². The Morgan fingerprint density at radius 1 is 1.40 bits per heavy atom. The normalized spacial score (nSPS) is 11.8. The van der Waals surface area contributed by atoms with E-state index in [-0.39, 0.29) is 12.5 Å². The molecule has 1 N–H and O–H groups in total. The first-order valence-electron chi connectivity index (χ1n) is 4.59. The van der Waals surface area contributed by atoms with Crippen molar-refractivity contribution < 1.29 is 9.84 Å². The molecule has 0 aliphatic rings. The van der Waals surface area contributed by atoms with Crippen molar-refractivity contribution in [1.29, 1.82) is 5.26 Å². The van der Waals surface area contributed by atoms with E-state index >= 15 is 0 Å². The van der Waals surface area contributed by atoms with Crippen molar-refractivity contribution in [2.45, 2.75) is 12.5 Å². The van der Waals surface area contributed by atoms with Gasteiger partial charge in [-0.15, -0.1) is 11.6 Å². The average Bonchev–Trinajstić information content (AvgIpc) is 2.28. The second-order valence-corrected chi connectivity index (χ2v) is 3.41. The first kappa shape index (κ1) is 11.8. The molecule has 0 aromatic heterocycles. The Kier molecular flexibility index (Phi) is 4.96. The van der Waals surface area contributed by atoms with Gasteiger partial charge in [0, 0.05) is 0 Å². The maximum Gasteiger partial charge on any atom is 0.119 e. The van der Waals surface area contributed by atoms with Crippen molar-refractivity contribution >= 4 is 11.6 Å². The summed E-state index contributed by atoms with van der Waals surface area (Å²) in [6.45, 7) is 0.182. The summed E-state index contributed by atoms with van der Waals surface area (Å²) in [5, 5.41) is 17.6. The zero-order chi connectivity index (χ0) is 11.1. The van der Waals surface area contributed by atoms with E-state index in [0.717, 1.165) is 5.56 Å². The summed E-state index contributed by atoms with van der Waals surface area (Å²) in [6, 6.07) is 9.26. The Balaban J connectivity index is 2.46. The van der Waals surface area contributed by atoms with E-state index in [2.05, 4.69) is 6.07 Å². The molecule has 1 rings (SSSR count). The summed E-state index contributed by atoms with van der Waals surface area (Å²) in [6.07, 6.45) is -0.254. The molecule has 0 aliphatic carbocycles. The molecule has 3 nitrogen and oxygen atoms in total. The fourth-order valence-electron chi connectivity index (χ4n) is 1.03. The van der Waals surface area contributed by atoms with Gasteiger partial charge in [-0.3, -0.25) is 0 Å². The number of aliphatic hydroxyl groups is 1. The fourth-order valence-corrected chi connectivity index (χ4v) is 1.12. The van der Waals surface area contributed by atoms with E-state index in [1.165, 1.54) is 0 Å². The zero-order valence-electron chi connectivity index (χ0n) is 8.19. The van der Waals surface area contributed by atoms with E-state index in [1.807, 2.05) is 12.1 Å². The highest BCUT2D eigenvalue weighted by Gasteiger charge is 2.02. The van der Waals surface area contributed by atoms with Gasteiger partial charge in [0.15, 0.2) is 0 Å². The topological polar surface area (TPSA) is 53.2 Å². The van der Waals surface area contributed by atoms with Crippen LogP contribution in [0.2, 0.25) is 0 Å². The number of benzene rings is 1. The van der Waals surface area contributed by atoms with Crippen LogP contribution in [0.25, 0.3) is 0 Å². The molecular formula is C11H12ClNO2. The molecule has 1 atom stereocenters. The van der Waals surface area contributed by atoms with Crippen molar-refractivity contribution in [3.63, 3.8) is 0 Å². The monoisotopic (exact) mass is 225 g/mol. The predicted octanol–water partition coefficient (Wildman–Crippen LogP) is 1.73. The molecule has 0 saturated heterocycles. The zero-order valence-corrected chi connectivity index (χ0v) is 8.94. The highest BCUT2D eigenvalue weighted by atomic mass is 35.5. The molecule has 0 unspecified atom stereocenters. The van der Waals surface area contributed by atoms with Gasteiger partial charge in [0.2, 0.25) is 0 Å². The molecule has 0 bridgehead atoms. The van der Waals surface area contributed by atoms with Crippen LogP contribution in [0.3, 0.4) is 0 Å². The third-order valence-corrected chi connectivity index (χ3v) is 2.18. The maximum atomic E-state index is 9.16. The van der Waals surface area contributed by atoms with Gasteiger partial charge in [0.25, 0.3) is 0 Å². The molecule has 80 valence electrons. The third-order valence-electron chi connectivity index (χ3n) is 1.83. The Morgan fingerprint density at radius 2 is 2.07 bits per heavy atom. The van der Waals surface area contributed by atoms with Gasteiger partial charge in [-0.2, -0.15) is 5.26 Å². The minimum atomic E-state index is -0.648. The van der Waals surface area contributed by atoms with E-state index in [4.69, 9.17) is 26.7 Å².